The smallest absolute Gasteiger partial charge is 0.228 e. The number of benzene rings is 1. The van der Waals surface area contributed by atoms with Crippen molar-refractivity contribution in [3.05, 3.63) is 65.9 Å². The minimum atomic E-state index is -0.375. The van der Waals surface area contributed by atoms with Gasteiger partial charge in [0.25, 0.3) is 0 Å². The average molecular weight is 463 g/mol. The highest BCUT2D eigenvalue weighted by Crippen LogP contribution is 2.29. The van der Waals surface area contributed by atoms with Crippen molar-refractivity contribution < 1.29 is 14.0 Å². The van der Waals surface area contributed by atoms with Gasteiger partial charge in [0.2, 0.25) is 11.8 Å². The number of piperazine rings is 1. The summed E-state index contributed by atoms with van der Waals surface area (Å²) in [5.41, 5.74) is 3.66. The van der Waals surface area contributed by atoms with Gasteiger partial charge in [-0.3, -0.25) is 9.59 Å². The number of hydrogen-bond donors (Lipinski definition) is 0. The lowest BCUT2D eigenvalue weighted by Gasteiger charge is -2.37. The van der Waals surface area contributed by atoms with E-state index in [1.165, 1.54) is 12.1 Å². The molecule has 0 N–H and O–H groups in total. The van der Waals surface area contributed by atoms with Gasteiger partial charge in [-0.05, 0) is 50.2 Å². The summed E-state index contributed by atoms with van der Waals surface area (Å²) in [6.07, 6.45) is 1.94. The topological polar surface area (TPSA) is 74.6 Å². The Morgan fingerprint density at radius 3 is 2.44 bits per heavy atom. The number of anilines is 2. The second-order valence-electron chi connectivity index (χ2n) is 8.81. The molecule has 2 aromatic heterocycles. The molecular weight excluding hydrogens is 435 g/mol. The van der Waals surface area contributed by atoms with E-state index in [9.17, 15) is 14.0 Å². The lowest BCUT2D eigenvalue weighted by molar-refractivity contribution is -0.136. The molecule has 4 heterocycles. The van der Waals surface area contributed by atoms with Crippen LogP contribution in [0.15, 0.2) is 48.7 Å². The SMILES string of the molecule is Cc1nn(-c2ccccn2)c(C)c1N1CCN(C(=O)C2CC(=O)N(c3ccc(F)cc3)C2)CC1. The molecule has 9 heteroatoms. The van der Waals surface area contributed by atoms with Gasteiger partial charge in [0.15, 0.2) is 5.82 Å². The van der Waals surface area contributed by atoms with Crippen LogP contribution in [0.4, 0.5) is 15.8 Å². The number of aromatic nitrogens is 3. The summed E-state index contributed by atoms with van der Waals surface area (Å²) in [6.45, 7) is 6.94. The van der Waals surface area contributed by atoms with Crippen molar-refractivity contribution in [3.8, 4) is 5.82 Å². The van der Waals surface area contributed by atoms with Crippen LogP contribution in [0.5, 0.6) is 0 Å². The number of carbonyl (C=O) groups excluding carboxylic acids is 2. The quantitative estimate of drug-likeness (QED) is 0.596. The number of halogens is 1. The summed E-state index contributed by atoms with van der Waals surface area (Å²) in [6, 6.07) is 11.6. The molecule has 1 aromatic carbocycles. The van der Waals surface area contributed by atoms with Crippen molar-refractivity contribution in [1.29, 1.82) is 0 Å². The fourth-order valence-electron chi connectivity index (χ4n) is 4.95. The molecule has 2 amide bonds. The van der Waals surface area contributed by atoms with Crippen molar-refractivity contribution in [1.82, 2.24) is 19.7 Å². The zero-order valence-electron chi connectivity index (χ0n) is 19.3. The van der Waals surface area contributed by atoms with Gasteiger partial charge in [-0.2, -0.15) is 5.10 Å². The predicted octanol–water partition coefficient (Wildman–Crippen LogP) is 2.72. The van der Waals surface area contributed by atoms with Gasteiger partial charge in [0.1, 0.15) is 5.82 Å². The Kier molecular flexibility index (Phi) is 5.77. The molecule has 0 spiro atoms. The Bertz CT molecular complexity index is 1200. The number of carbonyl (C=O) groups is 2. The van der Waals surface area contributed by atoms with E-state index < -0.39 is 0 Å². The summed E-state index contributed by atoms with van der Waals surface area (Å²) in [5, 5.41) is 4.69. The van der Waals surface area contributed by atoms with E-state index >= 15 is 0 Å². The highest BCUT2D eigenvalue weighted by atomic mass is 19.1. The molecule has 5 rings (SSSR count). The molecule has 176 valence electrons. The van der Waals surface area contributed by atoms with Crippen LogP contribution in [-0.4, -0.2) is 64.2 Å². The fraction of sp³-hybridized carbons (Fsp3) is 0.360. The van der Waals surface area contributed by atoms with Crippen LogP contribution in [0, 0.1) is 25.6 Å². The minimum absolute atomic E-state index is 0.00948. The number of aryl methyl sites for hydroxylation is 1. The largest absolute Gasteiger partial charge is 0.365 e. The molecule has 1 atom stereocenters. The Balaban J connectivity index is 1.24. The first-order valence-electron chi connectivity index (χ1n) is 11.5. The van der Waals surface area contributed by atoms with Crippen LogP contribution in [-0.2, 0) is 9.59 Å². The van der Waals surface area contributed by atoms with Gasteiger partial charge in [-0.1, -0.05) is 6.07 Å². The fourth-order valence-corrected chi connectivity index (χ4v) is 4.95. The monoisotopic (exact) mass is 462 g/mol. The maximum absolute atomic E-state index is 13.2. The molecule has 8 nitrogen and oxygen atoms in total. The Hall–Kier alpha value is -3.75. The van der Waals surface area contributed by atoms with Crippen molar-refractivity contribution in [2.45, 2.75) is 20.3 Å². The number of pyridine rings is 1. The molecule has 0 saturated carbocycles. The molecule has 2 fully saturated rings. The molecule has 1 unspecified atom stereocenters. The summed E-state index contributed by atoms with van der Waals surface area (Å²) in [5.74, 6) is -0.0387. The molecule has 3 aromatic rings. The van der Waals surface area contributed by atoms with Gasteiger partial charge >= 0.3 is 0 Å². The Labute approximate surface area is 197 Å². The lowest BCUT2D eigenvalue weighted by Crippen LogP contribution is -2.51. The first kappa shape index (κ1) is 22.1. The normalized spacial score (nSPS) is 18.6. The van der Waals surface area contributed by atoms with Crippen LogP contribution >= 0.6 is 0 Å². The van der Waals surface area contributed by atoms with E-state index in [4.69, 9.17) is 0 Å². The Morgan fingerprint density at radius 2 is 1.76 bits per heavy atom. The molecule has 0 radical (unpaired) electrons. The molecule has 2 aliphatic rings. The van der Waals surface area contributed by atoms with E-state index in [-0.39, 0.29) is 30.0 Å². The van der Waals surface area contributed by atoms with Crippen LogP contribution in [0.25, 0.3) is 5.82 Å². The molecule has 0 aliphatic carbocycles. The van der Waals surface area contributed by atoms with Gasteiger partial charge in [-0.25, -0.2) is 14.1 Å². The van der Waals surface area contributed by atoms with Gasteiger partial charge in [-0.15, -0.1) is 0 Å². The molecule has 2 aliphatic heterocycles. The maximum Gasteiger partial charge on any atom is 0.228 e. The van der Waals surface area contributed by atoms with E-state index in [1.807, 2.05) is 41.6 Å². The van der Waals surface area contributed by atoms with Crippen molar-refractivity contribution >= 4 is 23.2 Å². The van der Waals surface area contributed by atoms with Crippen LogP contribution in [0.3, 0.4) is 0 Å². The number of hydrogen-bond acceptors (Lipinski definition) is 5. The molecular formula is C25H27FN6O2. The van der Waals surface area contributed by atoms with Crippen molar-refractivity contribution in [2.24, 2.45) is 5.92 Å². The summed E-state index contributed by atoms with van der Waals surface area (Å²) < 4.78 is 15.1. The molecule has 34 heavy (non-hydrogen) atoms. The first-order valence-corrected chi connectivity index (χ1v) is 11.5. The third kappa shape index (κ3) is 4.02. The summed E-state index contributed by atoms with van der Waals surface area (Å²) in [4.78, 5) is 35.8. The van der Waals surface area contributed by atoms with Crippen molar-refractivity contribution in [2.75, 3.05) is 42.5 Å². The molecule has 2 saturated heterocycles. The van der Waals surface area contributed by atoms with Crippen molar-refractivity contribution in [3.63, 3.8) is 0 Å². The van der Waals surface area contributed by atoms with Gasteiger partial charge in [0, 0.05) is 51.0 Å². The number of rotatable bonds is 4. The second-order valence-corrected chi connectivity index (χ2v) is 8.81. The second kappa shape index (κ2) is 8.89. The van der Waals surface area contributed by atoms with E-state index in [2.05, 4.69) is 15.0 Å². The van der Waals surface area contributed by atoms with Crippen LogP contribution < -0.4 is 9.80 Å². The van der Waals surface area contributed by atoms with Crippen LogP contribution in [0.1, 0.15) is 17.8 Å². The van der Waals surface area contributed by atoms with E-state index in [0.29, 0.717) is 38.4 Å². The predicted molar refractivity (Wildman–Crippen MR) is 126 cm³/mol. The Morgan fingerprint density at radius 1 is 1.03 bits per heavy atom. The van der Waals surface area contributed by atoms with Gasteiger partial charge < -0.3 is 14.7 Å². The first-order chi connectivity index (χ1) is 16.4. The lowest BCUT2D eigenvalue weighted by atomic mass is 10.1. The van der Waals surface area contributed by atoms with E-state index in [0.717, 1.165) is 22.9 Å². The molecule has 0 bridgehead atoms. The average Bonchev–Trinajstić information content (AvgIpc) is 3.39. The zero-order chi connectivity index (χ0) is 23.8. The van der Waals surface area contributed by atoms with Gasteiger partial charge in [0.05, 0.1) is 23.0 Å². The third-order valence-corrected chi connectivity index (χ3v) is 6.64. The minimum Gasteiger partial charge on any atom is -0.365 e. The number of nitrogens with zero attached hydrogens (tertiary/aromatic N) is 6. The highest BCUT2D eigenvalue weighted by Gasteiger charge is 2.38. The van der Waals surface area contributed by atoms with E-state index in [1.54, 1.807) is 23.2 Å². The summed E-state index contributed by atoms with van der Waals surface area (Å²) >= 11 is 0. The highest BCUT2D eigenvalue weighted by molar-refractivity contribution is 6.00. The zero-order valence-corrected chi connectivity index (χ0v) is 19.3. The van der Waals surface area contributed by atoms with Crippen LogP contribution in [0.2, 0.25) is 0 Å². The standard InChI is InChI=1S/C25H27FN6O2/c1-17-24(18(2)32(28-17)22-5-3-4-10-27-22)29-11-13-30(14-12-29)25(34)19-15-23(33)31(16-19)21-8-6-20(26)7-9-21/h3-10,19H,11-16H2,1-2H3. The maximum atomic E-state index is 13.2. The summed E-state index contributed by atoms with van der Waals surface area (Å²) in [7, 11) is 0. The third-order valence-electron chi connectivity index (χ3n) is 6.64. The number of amides is 2.